The van der Waals surface area contributed by atoms with Gasteiger partial charge in [-0.25, -0.2) is 4.98 Å². The molecule has 3 nitrogen and oxygen atoms in total. The van der Waals surface area contributed by atoms with Crippen LogP contribution in [0.4, 0.5) is 0 Å². The minimum absolute atomic E-state index is 0.673. The van der Waals surface area contributed by atoms with E-state index >= 15 is 0 Å². The van der Waals surface area contributed by atoms with E-state index in [4.69, 9.17) is 9.72 Å². The molecule has 2 aromatic rings. The Labute approximate surface area is 124 Å². The highest BCUT2D eigenvalue weighted by Gasteiger charge is 2.23. The van der Waals surface area contributed by atoms with Gasteiger partial charge in [-0.1, -0.05) is 19.9 Å². The molecule has 20 heavy (non-hydrogen) atoms. The minimum atomic E-state index is 0.673. The summed E-state index contributed by atoms with van der Waals surface area (Å²) in [6, 6.07) is 6.28. The second kappa shape index (κ2) is 5.54. The highest BCUT2D eigenvalue weighted by Crippen LogP contribution is 2.40. The largest absolute Gasteiger partial charge is 0.497 e. The number of hydrogen-bond acceptors (Lipinski definition) is 4. The third-order valence-corrected chi connectivity index (χ3v) is 4.55. The van der Waals surface area contributed by atoms with Crippen LogP contribution in [0.15, 0.2) is 18.2 Å². The molecule has 106 valence electrons. The van der Waals surface area contributed by atoms with E-state index in [1.165, 1.54) is 21.0 Å². The Bertz CT molecular complexity index is 619. The highest BCUT2D eigenvalue weighted by molar-refractivity contribution is 7.12. The maximum absolute atomic E-state index is 5.32. The lowest BCUT2D eigenvalue weighted by Crippen LogP contribution is -2.18. The van der Waals surface area contributed by atoms with E-state index < -0.39 is 0 Å². The Kier molecular flexibility index (Phi) is 3.76. The van der Waals surface area contributed by atoms with Gasteiger partial charge in [0, 0.05) is 23.4 Å². The number of hydrogen-bond donors (Lipinski definition) is 1. The monoisotopic (exact) mass is 288 g/mol. The van der Waals surface area contributed by atoms with Crippen molar-refractivity contribution in [1.82, 2.24) is 10.3 Å². The third-order valence-electron chi connectivity index (χ3n) is 3.49. The fourth-order valence-electron chi connectivity index (χ4n) is 2.50. The molecule has 0 fully saturated rings. The second-order valence-electron chi connectivity index (χ2n) is 5.60. The van der Waals surface area contributed by atoms with Crippen LogP contribution in [0.3, 0.4) is 0 Å². The number of ether oxygens (including phenoxy) is 1. The molecule has 0 amide bonds. The van der Waals surface area contributed by atoms with Gasteiger partial charge in [0.05, 0.1) is 12.8 Å². The summed E-state index contributed by atoms with van der Waals surface area (Å²) >= 11 is 1.83. The summed E-state index contributed by atoms with van der Waals surface area (Å²) < 4.78 is 5.32. The fraction of sp³-hybridized carbons (Fsp3) is 0.438. The summed E-state index contributed by atoms with van der Waals surface area (Å²) in [5, 5.41) is 4.64. The Hall–Kier alpha value is -1.39. The van der Waals surface area contributed by atoms with Crippen molar-refractivity contribution in [1.29, 1.82) is 0 Å². The third kappa shape index (κ3) is 2.58. The molecule has 4 heteroatoms. The van der Waals surface area contributed by atoms with E-state index in [1.807, 2.05) is 17.4 Å². The molecule has 1 N–H and O–H groups in total. The van der Waals surface area contributed by atoms with Crippen molar-refractivity contribution in [2.75, 3.05) is 13.7 Å². The van der Waals surface area contributed by atoms with Gasteiger partial charge in [-0.05, 0) is 30.2 Å². The number of benzene rings is 1. The van der Waals surface area contributed by atoms with Crippen molar-refractivity contribution in [2.24, 2.45) is 5.92 Å². The van der Waals surface area contributed by atoms with Crippen molar-refractivity contribution >= 4 is 11.3 Å². The number of fused-ring (bicyclic) bond motifs is 3. The summed E-state index contributed by atoms with van der Waals surface area (Å²) in [5.41, 5.74) is 3.76. The molecule has 1 aliphatic rings. The lowest BCUT2D eigenvalue weighted by atomic mass is 10.1. The molecular weight excluding hydrogens is 268 g/mol. The van der Waals surface area contributed by atoms with Crippen LogP contribution >= 0.6 is 11.3 Å². The Balaban J connectivity index is 1.79. The van der Waals surface area contributed by atoms with Gasteiger partial charge in [-0.15, -0.1) is 11.3 Å². The Morgan fingerprint density at radius 3 is 3.00 bits per heavy atom. The fourth-order valence-corrected chi connectivity index (χ4v) is 3.58. The van der Waals surface area contributed by atoms with Crippen LogP contribution in [0.5, 0.6) is 5.75 Å². The first kappa shape index (κ1) is 13.6. The van der Waals surface area contributed by atoms with Crippen molar-refractivity contribution in [3.8, 4) is 17.0 Å². The van der Waals surface area contributed by atoms with Gasteiger partial charge in [-0.2, -0.15) is 0 Å². The molecule has 0 spiro atoms. The molecule has 1 aromatic carbocycles. The van der Waals surface area contributed by atoms with Crippen molar-refractivity contribution in [2.45, 2.75) is 26.8 Å². The van der Waals surface area contributed by atoms with E-state index in [-0.39, 0.29) is 0 Å². The smallest absolute Gasteiger partial charge is 0.119 e. The van der Waals surface area contributed by atoms with E-state index in [2.05, 4.69) is 31.3 Å². The molecule has 0 radical (unpaired) electrons. The number of thiazole rings is 1. The first-order valence-corrected chi connectivity index (χ1v) is 7.85. The molecule has 0 saturated heterocycles. The van der Waals surface area contributed by atoms with E-state index in [0.717, 1.165) is 31.0 Å². The molecule has 0 saturated carbocycles. The number of methoxy groups -OCH3 is 1. The molecule has 1 heterocycles. The second-order valence-corrected chi connectivity index (χ2v) is 6.77. The van der Waals surface area contributed by atoms with E-state index in [1.54, 1.807) is 7.11 Å². The van der Waals surface area contributed by atoms with Crippen LogP contribution in [-0.4, -0.2) is 18.6 Å². The van der Waals surface area contributed by atoms with Gasteiger partial charge in [-0.3, -0.25) is 0 Å². The average molecular weight is 288 g/mol. The average Bonchev–Trinajstić information content (AvgIpc) is 2.95. The number of nitrogens with zero attached hydrogens (tertiary/aromatic N) is 1. The molecule has 3 rings (SSSR count). The summed E-state index contributed by atoms with van der Waals surface area (Å²) in [6.07, 6.45) is 1.01. The molecule has 0 bridgehead atoms. The van der Waals surface area contributed by atoms with Crippen LogP contribution in [-0.2, 0) is 13.0 Å². The number of nitrogens with one attached hydrogen (secondary N) is 1. The quantitative estimate of drug-likeness (QED) is 0.780. The SMILES string of the molecule is COc1ccc2c(c1)-c1nc(CNCC(C)C)sc1C2. The van der Waals surface area contributed by atoms with Crippen LogP contribution in [0.2, 0.25) is 0 Å². The predicted octanol–water partition coefficient (Wildman–Crippen LogP) is 3.47. The number of rotatable bonds is 5. The normalized spacial score (nSPS) is 12.6. The van der Waals surface area contributed by atoms with Crippen LogP contribution < -0.4 is 10.1 Å². The zero-order valence-corrected chi connectivity index (χ0v) is 13.0. The summed E-state index contributed by atoms with van der Waals surface area (Å²) in [7, 11) is 1.71. The summed E-state index contributed by atoms with van der Waals surface area (Å²) in [4.78, 5) is 6.19. The zero-order chi connectivity index (χ0) is 14.1. The van der Waals surface area contributed by atoms with Crippen molar-refractivity contribution in [3.63, 3.8) is 0 Å². The van der Waals surface area contributed by atoms with Crippen molar-refractivity contribution in [3.05, 3.63) is 33.6 Å². The molecule has 0 aliphatic heterocycles. The van der Waals surface area contributed by atoms with Gasteiger partial charge in [0.25, 0.3) is 0 Å². The van der Waals surface area contributed by atoms with Gasteiger partial charge in [0.1, 0.15) is 10.8 Å². The number of aromatic nitrogens is 1. The molecule has 0 atom stereocenters. The predicted molar refractivity (Wildman–Crippen MR) is 83.5 cm³/mol. The highest BCUT2D eigenvalue weighted by atomic mass is 32.1. The first-order chi connectivity index (χ1) is 9.67. The standard InChI is InChI=1S/C16H20N2OS/c1-10(2)8-17-9-15-18-16-13-7-12(19-3)5-4-11(13)6-14(16)20-15/h4-5,7,10,17H,6,8-9H2,1-3H3. The maximum atomic E-state index is 5.32. The lowest BCUT2D eigenvalue weighted by Gasteiger charge is -2.05. The maximum Gasteiger partial charge on any atom is 0.119 e. The summed E-state index contributed by atoms with van der Waals surface area (Å²) in [6.45, 7) is 6.35. The zero-order valence-electron chi connectivity index (χ0n) is 12.2. The summed E-state index contributed by atoms with van der Waals surface area (Å²) in [5.74, 6) is 1.58. The van der Waals surface area contributed by atoms with Gasteiger partial charge < -0.3 is 10.1 Å². The molecule has 1 aliphatic carbocycles. The molecule has 0 unspecified atom stereocenters. The van der Waals surface area contributed by atoms with Crippen LogP contribution in [0.25, 0.3) is 11.3 Å². The van der Waals surface area contributed by atoms with Gasteiger partial charge in [0.2, 0.25) is 0 Å². The topological polar surface area (TPSA) is 34.1 Å². The first-order valence-electron chi connectivity index (χ1n) is 7.04. The van der Waals surface area contributed by atoms with Crippen molar-refractivity contribution < 1.29 is 4.74 Å². The van der Waals surface area contributed by atoms with Gasteiger partial charge >= 0.3 is 0 Å². The lowest BCUT2D eigenvalue weighted by molar-refractivity contribution is 0.415. The van der Waals surface area contributed by atoms with Gasteiger partial charge in [0.15, 0.2) is 0 Å². The Morgan fingerprint density at radius 2 is 2.25 bits per heavy atom. The Morgan fingerprint density at radius 1 is 1.40 bits per heavy atom. The molecule has 1 aromatic heterocycles. The van der Waals surface area contributed by atoms with E-state index in [0.29, 0.717) is 5.92 Å². The molecular formula is C16H20N2OS. The minimum Gasteiger partial charge on any atom is -0.497 e. The van der Waals surface area contributed by atoms with Crippen LogP contribution in [0.1, 0.15) is 29.3 Å². The van der Waals surface area contributed by atoms with E-state index in [9.17, 15) is 0 Å². The van der Waals surface area contributed by atoms with Crippen LogP contribution in [0, 0.1) is 5.92 Å².